The zero-order valence-electron chi connectivity index (χ0n) is 7.26. The largest absolute Gasteiger partial charge is 0.359 e. The molecule has 0 spiro atoms. The summed E-state index contributed by atoms with van der Waals surface area (Å²) in [5.41, 5.74) is 0. The van der Waals surface area contributed by atoms with Crippen molar-refractivity contribution in [3.8, 4) is 0 Å². The predicted molar refractivity (Wildman–Crippen MR) is 51.5 cm³/mol. The van der Waals surface area contributed by atoms with Gasteiger partial charge in [0.25, 0.3) is 0 Å². The Hall–Kier alpha value is -0.180. The van der Waals surface area contributed by atoms with Crippen LogP contribution < -0.4 is 0 Å². The van der Waals surface area contributed by atoms with Crippen LogP contribution in [0.15, 0.2) is 0 Å². The minimum Gasteiger partial charge on any atom is -0.359 e. The summed E-state index contributed by atoms with van der Waals surface area (Å²) in [6, 6.07) is 0. The summed E-state index contributed by atoms with van der Waals surface area (Å²) in [6.45, 7) is 6.42. The third-order valence-electron chi connectivity index (χ3n) is 1.96. The highest BCUT2D eigenvalue weighted by atomic mass is 32.2. The molecule has 1 unspecified atom stereocenters. The van der Waals surface area contributed by atoms with Gasteiger partial charge in [-0.1, -0.05) is 13.8 Å². The number of amidine groups is 1. The zero-order valence-corrected chi connectivity index (χ0v) is 8.08. The SMILES string of the molecule is CCC(=N)N1CCSC(C)C1. The van der Waals surface area contributed by atoms with Crippen molar-refractivity contribution in [1.82, 2.24) is 4.90 Å². The quantitative estimate of drug-likeness (QED) is 0.482. The molecular formula is C8H16N2S. The fourth-order valence-corrected chi connectivity index (χ4v) is 2.30. The van der Waals surface area contributed by atoms with E-state index in [1.165, 1.54) is 5.75 Å². The van der Waals surface area contributed by atoms with Gasteiger partial charge < -0.3 is 4.90 Å². The lowest BCUT2D eigenvalue weighted by molar-refractivity contribution is 0.425. The molecule has 0 aliphatic carbocycles. The van der Waals surface area contributed by atoms with E-state index in [1.807, 2.05) is 11.8 Å². The van der Waals surface area contributed by atoms with Crippen LogP contribution in [-0.2, 0) is 0 Å². The lowest BCUT2D eigenvalue weighted by Crippen LogP contribution is -2.40. The Labute approximate surface area is 72.9 Å². The van der Waals surface area contributed by atoms with Crippen molar-refractivity contribution in [2.24, 2.45) is 0 Å². The highest BCUT2D eigenvalue weighted by molar-refractivity contribution is 7.99. The topological polar surface area (TPSA) is 27.1 Å². The predicted octanol–water partition coefficient (Wildman–Crippen LogP) is 1.81. The lowest BCUT2D eigenvalue weighted by Gasteiger charge is -2.32. The molecule has 2 nitrogen and oxygen atoms in total. The molecule has 0 saturated carbocycles. The molecule has 0 bridgehead atoms. The molecule has 1 aliphatic rings. The van der Waals surface area contributed by atoms with E-state index in [1.54, 1.807) is 0 Å². The van der Waals surface area contributed by atoms with E-state index in [9.17, 15) is 0 Å². The van der Waals surface area contributed by atoms with Gasteiger partial charge in [-0.25, -0.2) is 0 Å². The standard InChI is InChI=1S/C8H16N2S/c1-3-8(9)10-4-5-11-7(2)6-10/h7,9H,3-6H2,1-2H3. The normalized spacial score (nSPS) is 25.3. The van der Waals surface area contributed by atoms with Gasteiger partial charge >= 0.3 is 0 Å². The van der Waals surface area contributed by atoms with Gasteiger partial charge in [0.05, 0.1) is 5.84 Å². The second-order valence-electron chi connectivity index (χ2n) is 2.93. The highest BCUT2D eigenvalue weighted by Crippen LogP contribution is 2.17. The van der Waals surface area contributed by atoms with Gasteiger partial charge in [0.15, 0.2) is 0 Å². The molecule has 1 N–H and O–H groups in total. The van der Waals surface area contributed by atoms with Crippen LogP contribution in [0.25, 0.3) is 0 Å². The molecule has 0 aromatic heterocycles. The molecule has 0 radical (unpaired) electrons. The monoisotopic (exact) mass is 172 g/mol. The fourth-order valence-electron chi connectivity index (χ4n) is 1.29. The second kappa shape index (κ2) is 4.00. The molecule has 3 heteroatoms. The number of hydrogen-bond acceptors (Lipinski definition) is 2. The molecule has 1 rings (SSSR count). The van der Waals surface area contributed by atoms with Crippen LogP contribution in [0.3, 0.4) is 0 Å². The van der Waals surface area contributed by atoms with Gasteiger partial charge in [-0.3, -0.25) is 5.41 Å². The van der Waals surface area contributed by atoms with Crippen molar-refractivity contribution in [3.05, 3.63) is 0 Å². The molecule has 64 valence electrons. The van der Waals surface area contributed by atoms with Gasteiger partial charge in [-0.15, -0.1) is 0 Å². The third-order valence-corrected chi connectivity index (χ3v) is 3.09. The average Bonchev–Trinajstić information content (AvgIpc) is 2.03. The van der Waals surface area contributed by atoms with Crippen molar-refractivity contribution in [3.63, 3.8) is 0 Å². The maximum Gasteiger partial charge on any atom is 0.0955 e. The summed E-state index contributed by atoms with van der Waals surface area (Å²) < 4.78 is 0. The smallest absolute Gasteiger partial charge is 0.0955 e. The van der Waals surface area contributed by atoms with E-state index in [2.05, 4.69) is 18.7 Å². The Morgan fingerprint density at radius 2 is 2.45 bits per heavy atom. The Bertz CT molecular complexity index is 147. The van der Waals surface area contributed by atoms with Crippen LogP contribution in [0.4, 0.5) is 0 Å². The van der Waals surface area contributed by atoms with Crippen LogP contribution in [0.1, 0.15) is 20.3 Å². The summed E-state index contributed by atoms with van der Waals surface area (Å²) in [6.07, 6.45) is 0.872. The van der Waals surface area contributed by atoms with Gasteiger partial charge in [-0.2, -0.15) is 11.8 Å². The van der Waals surface area contributed by atoms with Gasteiger partial charge in [0, 0.05) is 30.5 Å². The number of hydrogen-bond donors (Lipinski definition) is 1. The fraction of sp³-hybridized carbons (Fsp3) is 0.875. The number of rotatable bonds is 1. The summed E-state index contributed by atoms with van der Waals surface area (Å²) in [5, 5.41) is 8.34. The van der Waals surface area contributed by atoms with Crippen LogP contribution >= 0.6 is 11.8 Å². The molecule has 0 aromatic carbocycles. The van der Waals surface area contributed by atoms with E-state index in [4.69, 9.17) is 5.41 Å². The molecule has 11 heavy (non-hydrogen) atoms. The first-order valence-corrected chi connectivity index (χ1v) is 5.23. The van der Waals surface area contributed by atoms with Crippen molar-refractivity contribution in [1.29, 1.82) is 5.41 Å². The first kappa shape index (κ1) is 8.91. The van der Waals surface area contributed by atoms with Crippen LogP contribution in [0, 0.1) is 5.41 Å². The lowest BCUT2D eigenvalue weighted by atomic mass is 10.3. The molecular weight excluding hydrogens is 156 g/mol. The Morgan fingerprint density at radius 1 is 1.73 bits per heavy atom. The maximum atomic E-state index is 7.64. The Balaban J connectivity index is 2.39. The molecule has 0 amide bonds. The molecule has 1 fully saturated rings. The second-order valence-corrected chi connectivity index (χ2v) is 4.47. The number of nitrogens with one attached hydrogen (secondary N) is 1. The highest BCUT2D eigenvalue weighted by Gasteiger charge is 2.17. The van der Waals surface area contributed by atoms with E-state index in [0.717, 1.165) is 25.3 Å². The Kier molecular flexibility index (Phi) is 3.24. The van der Waals surface area contributed by atoms with Gasteiger partial charge in [0.1, 0.15) is 0 Å². The summed E-state index contributed by atoms with van der Waals surface area (Å²) in [7, 11) is 0. The van der Waals surface area contributed by atoms with Crippen molar-refractivity contribution >= 4 is 17.6 Å². The minimum atomic E-state index is 0.704. The van der Waals surface area contributed by atoms with Crippen LogP contribution in [-0.4, -0.2) is 34.8 Å². The summed E-state index contributed by atoms with van der Waals surface area (Å²) >= 11 is 2.01. The maximum absolute atomic E-state index is 7.64. The summed E-state index contributed by atoms with van der Waals surface area (Å²) in [5.74, 6) is 1.99. The van der Waals surface area contributed by atoms with Gasteiger partial charge in [0.2, 0.25) is 0 Å². The van der Waals surface area contributed by atoms with E-state index >= 15 is 0 Å². The van der Waals surface area contributed by atoms with Crippen LogP contribution in [0.2, 0.25) is 0 Å². The zero-order chi connectivity index (χ0) is 8.27. The molecule has 1 saturated heterocycles. The van der Waals surface area contributed by atoms with Crippen LogP contribution in [0.5, 0.6) is 0 Å². The number of nitrogens with zero attached hydrogens (tertiary/aromatic N) is 1. The molecule has 1 atom stereocenters. The number of thioether (sulfide) groups is 1. The third kappa shape index (κ3) is 2.40. The van der Waals surface area contributed by atoms with E-state index in [0.29, 0.717) is 5.25 Å². The van der Waals surface area contributed by atoms with Gasteiger partial charge in [-0.05, 0) is 0 Å². The van der Waals surface area contributed by atoms with Crippen molar-refractivity contribution in [2.45, 2.75) is 25.5 Å². The van der Waals surface area contributed by atoms with Crippen molar-refractivity contribution < 1.29 is 0 Å². The molecule has 1 heterocycles. The van der Waals surface area contributed by atoms with E-state index in [-0.39, 0.29) is 0 Å². The average molecular weight is 172 g/mol. The summed E-state index contributed by atoms with van der Waals surface area (Å²) in [4.78, 5) is 2.20. The first-order valence-electron chi connectivity index (χ1n) is 4.18. The first-order chi connectivity index (χ1) is 5.24. The minimum absolute atomic E-state index is 0.704. The molecule has 1 aliphatic heterocycles. The molecule has 0 aromatic rings. The Morgan fingerprint density at radius 3 is 3.00 bits per heavy atom. The van der Waals surface area contributed by atoms with Crippen molar-refractivity contribution in [2.75, 3.05) is 18.8 Å². The van der Waals surface area contributed by atoms with E-state index < -0.39 is 0 Å².